The second-order valence-electron chi connectivity index (χ2n) is 12.0. The number of H-pyrrole nitrogens is 1. The third-order valence-electron chi connectivity index (χ3n) is 8.45. The van der Waals surface area contributed by atoms with E-state index in [-0.39, 0.29) is 19.6 Å². The fourth-order valence-corrected chi connectivity index (χ4v) is 6.65. The molecule has 0 spiro atoms. The second kappa shape index (κ2) is 19.9. The van der Waals surface area contributed by atoms with Gasteiger partial charge in [-0.1, -0.05) is 103 Å². The summed E-state index contributed by atoms with van der Waals surface area (Å²) in [6.07, 6.45) is 20.0. The van der Waals surface area contributed by atoms with E-state index in [0.717, 1.165) is 23.3 Å². The van der Waals surface area contributed by atoms with Crippen molar-refractivity contribution in [3.63, 3.8) is 0 Å². The summed E-state index contributed by atoms with van der Waals surface area (Å²) in [5.74, 6) is -0.163. The largest absolute Gasteiger partial charge is 0.472 e. The van der Waals surface area contributed by atoms with Gasteiger partial charge in [-0.2, -0.15) is 4.39 Å². The lowest BCUT2D eigenvalue weighted by Crippen LogP contribution is -2.34. The van der Waals surface area contributed by atoms with Gasteiger partial charge in [-0.15, -0.1) is 0 Å². The summed E-state index contributed by atoms with van der Waals surface area (Å²) in [5.41, 5.74) is -2.07. The molecule has 3 N–H and O–H groups in total. The molecule has 43 heavy (non-hydrogen) atoms. The van der Waals surface area contributed by atoms with E-state index in [4.69, 9.17) is 18.5 Å². The van der Waals surface area contributed by atoms with Crippen LogP contribution in [0.15, 0.2) is 15.8 Å². The highest BCUT2D eigenvalue weighted by Gasteiger charge is 2.37. The van der Waals surface area contributed by atoms with Gasteiger partial charge in [0.05, 0.1) is 32.1 Å². The Morgan fingerprint density at radius 3 is 2.21 bits per heavy atom. The summed E-state index contributed by atoms with van der Waals surface area (Å²) in [6.45, 7) is 0.0548. The van der Waals surface area contributed by atoms with Crippen LogP contribution in [0.3, 0.4) is 0 Å². The minimum absolute atomic E-state index is 0.107. The first kappa shape index (κ1) is 36.1. The van der Waals surface area contributed by atoms with Crippen molar-refractivity contribution in [2.45, 2.75) is 134 Å². The molecule has 11 nitrogen and oxygen atoms in total. The van der Waals surface area contributed by atoms with Crippen LogP contribution < -0.4 is 11.2 Å². The van der Waals surface area contributed by atoms with E-state index in [1.54, 1.807) is 0 Å². The number of aliphatic hydroxyl groups excluding tert-OH is 1. The number of phosphoric acid groups is 1. The van der Waals surface area contributed by atoms with E-state index in [1.165, 1.54) is 96.3 Å². The summed E-state index contributed by atoms with van der Waals surface area (Å²) < 4.78 is 47.3. The molecular weight excluding hydrogens is 582 g/mol. The van der Waals surface area contributed by atoms with Crippen LogP contribution in [0.5, 0.6) is 0 Å². The smallest absolute Gasteiger partial charge is 0.390 e. The molecule has 1 aliphatic heterocycles. The SMILES string of the molecule is O=c1[nH]c(=O)n([C@H]2C[C@H](O)[C@@H](COP(=O)(O)OCCOCCCCCCCCCCCCCC3CCCCC3)O2)cc1F. The second-order valence-corrected chi connectivity index (χ2v) is 13.4. The van der Waals surface area contributed by atoms with E-state index < -0.39 is 49.9 Å². The number of hydrogen-bond acceptors (Lipinski definition) is 8. The number of aromatic nitrogens is 2. The van der Waals surface area contributed by atoms with Gasteiger partial charge in [-0.05, 0) is 12.3 Å². The average molecular weight is 635 g/mol. The van der Waals surface area contributed by atoms with Crippen LogP contribution >= 0.6 is 7.82 Å². The quantitative estimate of drug-likeness (QED) is 0.107. The average Bonchev–Trinajstić information content (AvgIpc) is 3.36. The van der Waals surface area contributed by atoms with E-state index in [1.807, 2.05) is 4.98 Å². The number of rotatable bonds is 22. The lowest BCUT2D eigenvalue weighted by Gasteiger charge is -2.21. The molecule has 4 atom stereocenters. The number of phosphoric ester groups is 1. The van der Waals surface area contributed by atoms with Crippen molar-refractivity contribution in [2.75, 3.05) is 26.4 Å². The van der Waals surface area contributed by atoms with Crippen molar-refractivity contribution in [1.29, 1.82) is 0 Å². The van der Waals surface area contributed by atoms with Crippen molar-refractivity contribution >= 4 is 7.82 Å². The van der Waals surface area contributed by atoms with E-state index in [0.29, 0.717) is 12.8 Å². The Morgan fingerprint density at radius 1 is 0.907 bits per heavy atom. The van der Waals surface area contributed by atoms with Gasteiger partial charge in [0.15, 0.2) is 0 Å². The maximum absolute atomic E-state index is 13.5. The van der Waals surface area contributed by atoms with E-state index >= 15 is 0 Å². The third kappa shape index (κ3) is 14.1. The van der Waals surface area contributed by atoms with Crippen molar-refractivity contribution < 1.29 is 37.5 Å². The third-order valence-corrected chi connectivity index (χ3v) is 9.43. The Balaban J connectivity index is 1.11. The van der Waals surface area contributed by atoms with Crippen molar-refractivity contribution in [1.82, 2.24) is 9.55 Å². The number of unbranched alkanes of at least 4 members (excludes halogenated alkanes) is 10. The van der Waals surface area contributed by atoms with Crippen LogP contribution in [-0.4, -0.2) is 58.2 Å². The Bertz CT molecular complexity index is 1080. The van der Waals surface area contributed by atoms with Crippen molar-refractivity contribution in [3.05, 3.63) is 32.9 Å². The summed E-state index contributed by atoms with van der Waals surface area (Å²) >= 11 is 0. The molecule has 1 aromatic heterocycles. The molecule has 0 amide bonds. The van der Waals surface area contributed by atoms with Crippen molar-refractivity contribution in [3.8, 4) is 0 Å². The topological polar surface area (TPSA) is 149 Å². The molecule has 1 saturated carbocycles. The lowest BCUT2D eigenvalue weighted by atomic mass is 9.85. The first-order valence-corrected chi connectivity index (χ1v) is 17.8. The van der Waals surface area contributed by atoms with Crippen LogP contribution in [-0.2, 0) is 23.1 Å². The number of hydrogen-bond donors (Lipinski definition) is 3. The predicted molar refractivity (Wildman–Crippen MR) is 160 cm³/mol. The first-order chi connectivity index (χ1) is 20.7. The van der Waals surface area contributed by atoms with Gasteiger partial charge < -0.3 is 19.5 Å². The molecule has 1 unspecified atom stereocenters. The Morgan fingerprint density at radius 2 is 1.53 bits per heavy atom. The number of nitrogens with one attached hydrogen (secondary N) is 1. The zero-order chi connectivity index (χ0) is 30.9. The first-order valence-electron chi connectivity index (χ1n) is 16.3. The minimum Gasteiger partial charge on any atom is -0.390 e. The standard InChI is InChI=1S/C30H52FN2O9P/c31-25-22-33(30(36)32-29(25)35)28-21-26(34)27(42-28)23-41-43(37,38)40-20-19-39-18-14-9-7-5-3-1-2-4-6-8-11-15-24-16-12-10-13-17-24/h22,24,26-28,34H,1-21,23H2,(H,37,38)(H,32,35,36)/t26-,27+,28+/m0/s1. The van der Waals surface area contributed by atoms with Gasteiger partial charge in [0.1, 0.15) is 12.3 Å². The van der Waals surface area contributed by atoms with Gasteiger partial charge in [0.2, 0.25) is 5.82 Å². The van der Waals surface area contributed by atoms with Gasteiger partial charge in [0, 0.05) is 13.0 Å². The molecule has 1 aromatic rings. The number of ether oxygens (including phenoxy) is 2. The monoisotopic (exact) mass is 634 g/mol. The van der Waals surface area contributed by atoms with Gasteiger partial charge in [-0.25, -0.2) is 9.36 Å². The Kier molecular flexibility index (Phi) is 16.7. The zero-order valence-corrected chi connectivity index (χ0v) is 26.4. The van der Waals surface area contributed by atoms with Gasteiger partial charge in [0.25, 0.3) is 5.56 Å². The predicted octanol–water partition coefficient (Wildman–Crippen LogP) is 5.74. The molecule has 248 valence electrons. The maximum Gasteiger partial charge on any atom is 0.472 e. The fraction of sp³-hybridized carbons (Fsp3) is 0.867. The van der Waals surface area contributed by atoms with Crippen LogP contribution in [0.2, 0.25) is 0 Å². The summed E-state index contributed by atoms with van der Waals surface area (Å²) in [5, 5.41) is 10.2. The molecule has 1 saturated heterocycles. The van der Waals surface area contributed by atoms with Gasteiger partial charge >= 0.3 is 13.5 Å². The molecule has 1 aliphatic carbocycles. The summed E-state index contributed by atoms with van der Waals surface area (Å²) in [7, 11) is -4.43. The van der Waals surface area contributed by atoms with E-state index in [9.17, 15) is 28.5 Å². The van der Waals surface area contributed by atoms with Crippen LogP contribution in [0, 0.1) is 11.7 Å². The number of aromatic amines is 1. The highest BCUT2D eigenvalue weighted by molar-refractivity contribution is 7.47. The molecule has 2 fully saturated rings. The summed E-state index contributed by atoms with van der Waals surface area (Å²) in [6, 6.07) is 0. The van der Waals surface area contributed by atoms with Gasteiger partial charge in [-0.3, -0.25) is 23.4 Å². The highest BCUT2D eigenvalue weighted by atomic mass is 31.2. The van der Waals surface area contributed by atoms with Crippen molar-refractivity contribution in [2.24, 2.45) is 5.92 Å². The number of aliphatic hydroxyl groups is 1. The van der Waals surface area contributed by atoms with Crippen LogP contribution in [0.4, 0.5) is 4.39 Å². The molecule has 3 rings (SSSR count). The molecule has 0 bridgehead atoms. The number of halogens is 1. The minimum atomic E-state index is -4.43. The summed E-state index contributed by atoms with van der Waals surface area (Å²) in [4.78, 5) is 34.8. The molecule has 13 heteroatoms. The molecule has 0 radical (unpaired) electrons. The molecular formula is C30H52FN2O9P. The molecule has 0 aromatic carbocycles. The number of nitrogens with zero attached hydrogens (tertiary/aromatic N) is 1. The maximum atomic E-state index is 13.5. The Hall–Kier alpha value is -1.40. The Labute approximate surface area is 254 Å². The molecule has 2 aliphatic rings. The normalized spacial score (nSPS) is 22.6. The fourth-order valence-electron chi connectivity index (χ4n) is 5.93. The molecule has 2 heterocycles. The lowest BCUT2D eigenvalue weighted by molar-refractivity contribution is -0.0474. The van der Waals surface area contributed by atoms with Crippen LogP contribution in [0.25, 0.3) is 0 Å². The van der Waals surface area contributed by atoms with E-state index in [2.05, 4.69) is 0 Å². The highest BCUT2D eigenvalue weighted by Crippen LogP contribution is 2.44. The van der Waals surface area contributed by atoms with Crippen LogP contribution in [0.1, 0.15) is 122 Å². The zero-order valence-electron chi connectivity index (χ0n) is 25.5.